The van der Waals surface area contributed by atoms with E-state index in [1.807, 2.05) is 30.3 Å². The topological polar surface area (TPSA) is 57.9 Å². The molecule has 1 aliphatic rings. The Hall–Kier alpha value is -2.40. The van der Waals surface area contributed by atoms with Crippen LogP contribution in [0.1, 0.15) is 24.2 Å². The molecule has 0 aliphatic carbocycles. The highest BCUT2D eigenvalue weighted by Gasteiger charge is 2.20. The van der Waals surface area contributed by atoms with Crippen LogP contribution in [0, 0.1) is 11.7 Å². The zero-order valence-corrected chi connectivity index (χ0v) is 14.2. The molecule has 2 aromatic carbocycles. The van der Waals surface area contributed by atoms with Crippen LogP contribution in [0.4, 0.5) is 10.1 Å². The van der Waals surface area contributed by atoms with Gasteiger partial charge in [0, 0.05) is 5.69 Å². The highest BCUT2D eigenvalue weighted by atomic mass is 19.1. The maximum Gasteiger partial charge on any atom is 0.123 e. The van der Waals surface area contributed by atoms with Crippen molar-refractivity contribution in [2.45, 2.75) is 25.8 Å². The summed E-state index contributed by atoms with van der Waals surface area (Å²) in [5.74, 6) is 1.51. The van der Waals surface area contributed by atoms with Gasteiger partial charge in [-0.1, -0.05) is 12.1 Å². The van der Waals surface area contributed by atoms with Crippen LogP contribution in [0.15, 0.2) is 42.5 Å². The fourth-order valence-corrected chi connectivity index (χ4v) is 3.67. The smallest absolute Gasteiger partial charge is 0.123 e. The van der Waals surface area contributed by atoms with Crippen molar-refractivity contribution in [3.05, 3.63) is 59.7 Å². The zero-order chi connectivity index (χ0) is 17.2. The van der Waals surface area contributed by atoms with Gasteiger partial charge in [-0.2, -0.15) is 0 Å². The average Bonchev–Trinajstić information content (AvgIpc) is 3.00. The molecule has 3 N–H and O–H groups in total. The summed E-state index contributed by atoms with van der Waals surface area (Å²) in [7, 11) is 0. The molecular formula is C20H23FN4. The van der Waals surface area contributed by atoms with E-state index in [-0.39, 0.29) is 5.82 Å². The Labute approximate surface area is 146 Å². The predicted octanol–water partition coefficient (Wildman–Crippen LogP) is 3.74. The highest BCUT2D eigenvalue weighted by Crippen LogP contribution is 2.23. The minimum Gasteiger partial charge on any atom is -0.399 e. The fourth-order valence-electron chi connectivity index (χ4n) is 3.67. The first-order valence-corrected chi connectivity index (χ1v) is 8.86. The van der Waals surface area contributed by atoms with Gasteiger partial charge in [-0.15, -0.1) is 0 Å². The van der Waals surface area contributed by atoms with Gasteiger partial charge in [0.15, 0.2) is 0 Å². The first-order chi connectivity index (χ1) is 12.2. The number of nitrogen functional groups attached to an aromatic ring is 1. The van der Waals surface area contributed by atoms with Gasteiger partial charge in [-0.25, -0.2) is 9.37 Å². The molecule has 25 heavy (non-hydrogen) atoms. The van der Waals surface area contributed by atoms with Crippen molar-refractivity contribution in [2.24, 2.45) is 5.92 Å². The summed E-state index contributed by atoms with van der Waals surface area (Å²) in [5, 5.41) is 0. The van der Waals surface area contributed by atoms with Gasteiger partial charge in [0.25, 0.3) is 0 Å². The summed E-state index contributed by atoms with van der Waals surface area (Å²) < 4.78 is 13.0. The third kappa shape index (κ3) is 3.82. The van der Waals surface area contributed by atoms with Crippen molar-refractivity contribution in [3.8, 4) is 0 Å². The molecule has 4 nitrogen and oxygen atoms in total. The second-order valence-electron chi connectivity index (χ2n) is 7.01. The number of H-pyrrole nitrogens is 1. The summed E-state index contributed by atoms with van der Waals surface area (Å²) in [6, 6.07) is 12.7. The van der Waals surface area contributed by atoms with Crippen LogP contribution in [0.2, 0.25) is 0 Å². The van der Waals surface area contributed by atoms with Gasteiger partial charge in [0.05, 0.1) is 17.6 Å². The molecule has 0 saturated carbocycles. The molecule has 5 heteroatoms. The number of nitrogens with one attached hydrogen (secondary N) is 1. The second-order valence-corrected chi connectivity index (χ2v) is 7.01. The van der Waals surface area contributed by atoms with Gasteiger partial charge in [-0.3, -0.25) is 4.90 Å². The number of likely N-dealkylation sites (tertiary alicyclic amines) is 1. The molecule has 3 aromatic rings. The molecule has 0 amide bonds. The second kappa shape index (κ2) is 6.84. The van der Waals surface area contributed by atoms with Crippen molar-refractivity contribution in [2.75, 3.05) is 18.8 Å². The van der Waals surface area contributed by atoms with Crippen molar-refractivity contribution in [1.29, 1.82) is 0 Å². The third-order valence-electron chi connectivity index (χ3n) is 5.07. The number of fused-ring (bicyclic) bond motifs is 1. The summed E-state index contributed by atoms with van der Waals surface area (Å²) in [6.07, 6.45) is 3.38. The lowest BCUT2D eigenvalue weighted by molar-refractivity contribution is 0.174. The molecule has 2 heterocycles. The minimum absolute atomic E-state index is 0.161. The number of aromatic amines is 1. The fraction of sp³-hybridized carbons (Fsp3) is 0.350. The minimum atomic E-state index is -0.161. The maximum absolute atomic E-state index is 13.0. The van der Waals surface area contributed by atoms with Crippen LogP contribution in [-0.2, 0) is 13.0 Å². The molecule has 0 radical (unpaired) electrons. The van der Waals surface area contributed by atoms with E-state index in [1.165, 1.54) is 18.4 Å². The van der Waals surface area contributed by atoms with Crippen molar-refractivity contribution in [1.82, 2.24) is 14.9 Å². The lowest BCUT2D eigenvalue weighted by atomic mass is 9.90. The third-order valence-corrected chi connectivity index (χ3v) is 5.07. The number of halogens is 1. The van der Waals surface area contributed by atoms with Crippen LogP contribution in [-0.4, -0.2) is 28.0 Å². The number of imidazole rings is 1. The first kappa shape index (κ1) is 16.1. The Morgan fingerprint density at radius 3 is 2.64 bits per heavy atom. The number of benzene rings is 2. The molecule has 130 valence electrons. The van der Waals surface area contributed by atoms with Crippen LogP contribution in [0.5, 0.6) is 0 Å². The van der Waals surface area contributed by atoms with E-state index < -0.39 is 0 Å². The van der Waals surface area contributed by atoms with Gasteiger partial charge in [0.2, 0.25) is 0 Å². The Morgan fingerprint density at radius 2 is 1.88 bits per heavy atom. The van der Waals surface area contributed by atoms with Gasteiger partial charge >= 0.3 is 0 Å². The normalized spacial score (nSPS) is 16.5. The van der Waals surface area contributed by atoms with Crippen LogP contribution in [0.3, 0.4) is 0 Å². The van der Waals surface area contributed by atoms with E-state index in [1.54, 1.807) is 12.1 Å². The van der Waals surface area contributed by atoms with Crippen LogP contribution >= 0.6 is 0 Å². The largest absolute Gasteiger partial charge is 0.399 e. The SMILES string of the molecule is Nc1ccc2nc(CN3CCC(Cc4ccc(F)cc4)CC3)[nH]c2c1. The predicted molar refractivity (Wildman–Crippen MR) is 98.6 cm³/mol. The number of hydrogen-bond donors (Lipinski definition) is 2. The maximum atomic E-state index is 13.0. The van der Waals surface area contributed by atoms with E-state index in [0.717, 1.165) is 48.6 Å². The van der Waals surface area contributed by atoms with Gasteiger partial charge < -0.3 is 10.7 Å². The van der Waals surface area contributed by atoms with Crippen molar-refractivity contribution < 1.29 is 4.39 Å². The van der Waals surface area contributed by atoms with Gasteiger partial charge in [0.1, 0.15) is 11.6 Å². The zero-order valence-electron chi connectivity index (χ0n) is 14.2. The molecule has 1 aliphatic heterocycles. The lowest BCUT2D eigenvalue weighted by Crippen LogP contribution is -2.34. The van der Waals surface area contributed by atoms with E-state index >= 15 is 0 Å². The number of rotatable bonds is 4. The molecule has 0 atom stereocenters. The molecule has 0 bridgehead atoms. The summed E-state index contributed by atoms with van der Waals surface area (Å²) >= 11 is 0. The summed E-state index contributed by atoms with van der Waals surface area (Å²) in [5.41, 5.74) is 9.78. The number of nitrogens with zero attached hydrogens (tertiary/aromatic N) is 2. The van der Waals surface area contributed by atoms with Crippen molar-refractivity contribution in [3.63, 3.8) is 0 Å². The van der Waals surface area contributed by atoms with E-state index in [4.69, 9.17) is 5.73 Å². The van der Waals surface area contributed by atoms with Crippen LogP contribution in [0.25, 0.3) is 11.0 Å². The quantitative estimate of drug-likeness (QED) is 0.713. The van der Waals surface area contributed by atoms with E-state index in [0.29, 0.717) is 5.92 Å². The summed E-state index contributed by atoms with van der Waals surface area (Å²) in [4.78, 5) is 10.5. The number of nitrogens with two attached hydrogens (primary N) is 1. The summed E-state index contributed by atoms with van der Waals surface area (Å²) in [6.45, 7) is 2.99. The molecule has 1 aromatic heterocycles. The molecular weight excluding hydrogens is 315 g/mol. The molecule has 1 fully saturated rings. The Morgan fingerprint density at radius 1 is 1.12 bits per heavy atom. The Balaban J connectivity index is 1.32. The van der Waals surface area contributed by atoms with Crippen molar-refractivity contribution >= 4 is 16.7 Å². The highest BCUT2D eigenvalue weighted by molar-refractivity contribution is 5.78. The number of aromatic nitrogens is 2. The molecule has 0 unspecified atom stereocenters. The molecule has 1 saturated heterocycles. The van der Waals surface area contributed by atoms with Gasteiger partial charge in [-0.05, 0) is 74.2 Å². The average molecular weight is 338 g/mol. The first-order valence-electron chi connectivity index (χ1n) is 8.86. The standard InChI is InChI=1S/C20H23FN4/c21-16-3-1-14(2-4-16)11-15-7-9-25(10-8-15)13-20-23-18-6-5-17(22)12-19(18)24-20/h1-6,12,15H,7-11,13,22H2,(H,23,24). The number of piperidine rings is 1. The Bertz CT molecular complexity index is 848. The Kier molecular flexibility index (Phi) is 4.40. The lowest BCUT2D eigenvalue weighted by Gasteiger charge is -2.31. The monoisotopic (exact) mass is 338 g/mol. The number of anilines is 1. The van der Waals surface area contributed by atoms with E-state index in [9.17, 15) is 4.39 Å². The number of hydrogen-bond acceptors (Lipinski definition) is 3. The molecule has 0 spiro atoms. The van der Waals surface area contributed by atoms with Crippen LogP contribution < -0.4 is 5.73 Å². The van der Waals surface area contributed by atoms with E-state index in [2.05, 4.69) is 14.9 Å². The molecule has 4 rings (SSSR count).